The van der Waals surface area contributed by atoms with Crippen LogP contribution < -0.4 is 15.5 Å². The smallest absolute Gasteiger partial charge is 0.420 e. The van der Waals surface area contributed by atoms with Gasteiger partial charge in [0.15, 0.2) is 0 Å². The van der Waals surface area contributed by atoms with Gasteiger partial charge in [-0.05, 0) is 98.4 Å². The van der Waals surface area contributed by atoms with Gasteiger partial charge in [-0.2, -0.15) is 10.4 Å². The van der Waals surface area contributed by atoms with E-state index in [1.807, 2.05) is 66.7 Å². The lowest BCUT2D eigenvalue weighted by Gasteiger charge is -2.32. The fourth-order valence-corrected chi connectivity index (χ4v) is 6.21. The highest BCUT2D eigenvalue weighted by Gasteiger charge is 2.30. The number of nitriles is 1. The summed E-state index contributed by atoms with van der Waals surface area (Å²) in [5.74, 6) is 0.432. The number of carbonyl (C=O) groups excluding carboxylic acids is 2. The standard InChI is InChI=1S/C32H39N7O4S/c1-19-35-24-13-12-22(16-27(24)44-19)38(30(41)43-32(5,6)7)28-17-25(23(18-33)26-14-15-34-39(26)28)36-20-8-10-21(11-9-20)37-29(40)42-31(2,3)4/h12-17,20-21,36H,8-11H2,1-7H3,(H,37,40). The lowest BCUT2D eigenvalue weighted by Crippen LogP contribution is -2.42. The Morgan fingerprint density at radius 1 is 1.02 bits per heavy atom. The van der Waals surface area contributed by atoms with Crippen LogP contribution in [0.3, 0.4) is 0 Å². The summed E-state index contributed by atoms with van der Waals surface area (Å²) in [5, 5.41) is 22.2. The van der Waals surface area contributed by atoms with Gasteiger partial charge in [0.1, 0.15) is 28.7 Å². The van der Waals surface area contributed by atoms with Crippen LogP contribution in [0.2, 0.25) is 0 Å². The van der Waals surface area contributed by atoms with Crippen molar-refractivity contribution in [3.8, 4) is 6.07 Å². The zero-order chi connectivity index (χ0) is 31.8. The quantitative estimate of drug-likeness (QED) is 0.236. The van der Waals surface area contributed by atoms with E-state index in [-0.39, 0.29) is 12.1 Å². The van der Waals surface area contributed by atoms with Gasteiger partial charge in [0, 0.05) is 18.2 Å². The number of aromatic nitrogens is 3. The zero-order valence-electron chi connectivity index (χ0n) is 26.2. The van der Waals surface area contributed by atoms with E-state index in [1.54, 1.807) is 34.2 Å². The Bertz CT molecular complexity index is 1730. The molecule has 1 aromatic carbocycles. The van der Waals surface area contributed by atoms with Gasteiger partial charge in [-0.15, -0.1) is 11.3 Å². The van der Waals surface area contributed by atoms with Crippen LogP contribution in [0.25, 0.3) is 15.7 Å². The molecule has 0 saturated heterocycles. The molecule has 0 spiro atoms. The molecule has 0 unspecified atom stereocenters. The second kappa shape index (κ2) is 12.0. The number of pyridine rings is 1. The fraction of sp³-hybridized carbons (Fsp3) is 0.469. The Morgan fingerprint density at radius 3 is 2.36 bits per heavy atom. The molecule has 0 aliphatic heterocycles. The second-order valence-corrected chi connectivity index (χ2v) is 14.3. The number of thiazole rings is 1. The van der Waals surface area contributed by atoms with Gasteiger partial charge >= 0.3 is 12.2 Å². The number of nitrogens with zero attached hydrogens (tertiary/aromatic N) is 5. The number of carbonyl (C=O) groups is 2. The molecule has 1 fully saturated rings. The summed E-state index contributed by atoms with van der Waals surface area (Å²) < 4.78 is 13.8. The summed E-state index contributed by atoms with van der Waals surface area (Å²) in [7, 11) is 0. The highest BCUT2D eigenvalue weighted by molar-refractivity contribution is 7.18. The minimum Gasteiger partial charge on any atom is -0.444 e. The summed E-state index contributed by atoms with van der Waals surface area (Å²) in [4.78, 5) is 32.2. The summed E-state index contributed by atoms with van der Waals surface area (Å²) in [6.45, 7) is 12.9. The molecule has 5 rings (SSSR count). The number of fused-ring (bicyclic) bond motifs is 2. The first-order valence-corrected chi connectivity index (χ1v) is 15.6. The normalized spacial score (nSPS) is 17.2. The number of anilines is 3. The van der Waals surface area contributed by atoms with Gasteiger partial charge in [-0.1, -0.05) is 0 Å². The summed E-state index contributed by atoms with van der Waals surface area (Å²) >= 11 is 1.55. The number of amides is 2. The lowest BCUT2D eigenvalue weighted by molar-refractivity contribution is 0.0490. The molecule has 1 aliphatic carbocycles. The Balaban J connectivity index is 1.48. The molecule has 3 heterocycles. The van der Waals surface area contributed by atoms with Crippen LogP contribution >= 0.6 is 11.3 Å². The Labute approximate surface area is 261 Å². The van der Waals surface area contributed by atoms with E-state index in [0.29, 0.717) is 28.3 Å². The van der Waals surface area contributed by atoms with Crippen molar-refractivity contribution in [1.82, 2.24) is 19.9 Å². The number of alkyl carbamates (subject to hydrolysis) is 1. The first kappa shape index (κ1) is 31.1. The highest BCUT2D eigenvalue weighted by atomic mass is 32.1. The van der Waals surface area contributed by atoms with Crippen molar-refractivity contribution in [3.05, 3.63) is 47.1 Å². The highest BCUT2D eigenvalue weighted by Crippen LogP contribution is 2.36. The van der Waals surface area contributed by atoms with Crippen molar-refractivity contribution in [3.63, 3.8) is 0 Å². The van der Waals surface area contributed by atoms with Gasteiger partial charge in [0.05, 0.1) is 38.3 Å². The van der Waals surface area contributed by atoms with Crippen LogP contribution in [0, 0.1) is 18.3 Å². The Hall–Kier alpha value is -4.37. The number of ether oxygens (including phenoxy) is 2. The number of aryl methyl sites for hydroxylation is 1. The molecule has 0 atom stereocenters. The van der Waals surface area contributed by atoms with E-state index in [0.717, 1.165) is 40.9 Å². The van der Waals surface area contributed by atoms with Crippen LogP contribution in [0.15, 0.2) is 36.5 Å². The number of hydrogen-bond acceptors (Lipinski definition) is 9. The van der Waals surface area contributed by atoms with Crippen molar-refractivity contribution >= 4 is 56.4 Å². The van der Waals surface area contributed by atoms with Gasteiger partial charge in [-0.25, -0.2) is 24.0 Å². The average Bonchev–Trinajstić information content (AvgIpc) is 3.54. The number of benzene rings is 1. The zero-order valence-corrected chi connectivity index (χ0v) is 27.0. The molecule has 1 saturated carbocycles. The van der Waals surface area contributed by atoms with Gasteiger partial charge in [0.25, 0.3) is 0 Å². The topological polar surface area (TPSA) is 134 Å². The van der Waals surface area contributed by atoms with Crippen molar-refractivity contribution in [2.75, 3.05) is 10.2 Å². The molecular weight excluding hydrogens is 578 g/mol. The first-order chi connectivity index (χ1) is 20.7. The van der Waals surface area contributed by atoms with Crippen LogP contribution in [0.5, 0.6) is 0 Å². The molecule has 11 nitrogen and oxygen atoms in total. The fourth-order valence-electron chi connectivity index (χ4n) is 5.35. The van der Waals surface area contributed by atoms with E-state index in [2.05, 4.69) is 26.8 Å². The molecule has 44 heavy (non-hydrogen) atoms. The largest absolute Gasteiger partial charge is 0.444 e. The molecule has 3 aromatic heterocycles. The molecule has 4 aromatic rings. The molecule has 12 heteroatoms. The Kier molecular flexibility index (Phi) is 8.44. The maximum atomic E-state index is 13.9. The monoisotopic (exact) mass is 617 g/mol. The lowest BCUT2D eigenvalue weighted by atomic mass is 9.91. The van der Waals surface area contributed by atoms with Crippen LogP contribution in [0.4, 0.5) is 26.8 Å². The van der Waals surface area contributed by atoms with Gasteiger partial charge in [-0.3, -0.25) is 0 Å². The predicted octanol–water partition coefficient (Wildman–Crippen LogP) is 7.45. The van der Waals surface area contributed by atoms with Gasteiger partial charge < -0.3 is 20.1 Å². The third kappa shape index (κ3) is 7.05. The third-order valence-electron chi connectivity index (χ3n) is 7.12. The molecule has 232 valence electrons. The van der Waals surface area contributed by atoms with Crippen LogP contribution in [-0.2, 0) is 9.47 Å². The van der Waals surface area contributed by atoms with Crippen molar-refractivity contribution in [2.45, 2.75) is 97.4 Å². The molecule has 0 radical (unpaired) electrons. The van der Waals surface area contributed by atoms with Gasteiger partial charge in [0.2, 0.25) is 0 Å². The van der Waals surface area contributed by atoms with E-state index >= 15 is 0 Å². The minimum atomic E-state index is -0.747. The number of nitrogens with one attached hydrogen (secondary N) is 2. The van der Waals surface area contributed by atoms with Crippen molar-refractivity contribution in [1.29, 1.82) is 5.26 Å². The molecule has 1 aliphatic rings. The second-order valence-electron chi connectivity index (χ2n) is 13.1. The van der Waals surface area contributed by atoms with Crippen molar-refractivity contribution in [2.24, 2.45) is 0 Å². The summed E-state index contributed by atoms with van der Waals surface area (Å²) in [6, 6.07) is 11.6. The maximum Gasteiger partial charge on any atom is 0.420 e. The van der Waals surface area contributed by atoms with E-state index in [4.69, 9.17) is 9.47 Å². The molecule has 2 amide bonds. The van der Waals surface area contributed by atoms with Crippen LogP contribution in [-0.4, -0.2) is 50.1 Å². The average molecular weight is 618 g/mol. The van der Waals surface area contributed by atoms with Crippen LogP contribution in [0.1, 0.15) is 77.8 Å². The predicted molar refractivity (Wildman–Crippen MR) is 172 cm³/mol. The first-order valence-electron chi connectivity index (χ1n) is 14.8. The maximum absolute atomic E-state index is 13.9. The SMILES string of the molecule is Cc1nc2ccc(N(C(=O)OC(C)(C)C)c3cc(NC4CCC(NC(=O)OC(C)(C)C)CC4)c(C#N)c4ccnn34)cc2s1. The molecular formula is C32H39N7O4S. The summed E-state index contributed by atoms with van der Waals surface area (Å²) in [5.41, 5.74) is 1.74. The third-order valence-corrected chi connectivity index (χ3v) is 8.05. The van der Waals surface area contributed by atoms with E-state index in [9.17, 15) is 14.9 Å². The molecule has 2 N–H and O–H groups in total. The number of rotatable bonds is 5. The minimum absolute atomic E-state index is 0.0131. The number of hydrogen-bond donors (Lipinski definition) is 2. The van der Waals surface area contributed by atoms with E-state index in [1.165, 1.54) is 4.90 Å². The van der Waals surface area contributed by atoms with E-state index < -0.39 is 23.4 Å². The molecule has 0 bridgehead atoms. The Morgan fingerprint density at radius 2 is 1.70 bits per heavy atom. The summed E-state index contributed by atoms with van der Waals surface area (Å²) in [6.07, 6.45) is 3.72. The van der Waals surface area contributed by atoms with Crippen molar-refractivity contribution < 1.29 is 19.1 Å².